The minimum atomic E-state index is -2.40. The summed E-state index contributed by atoms with van der Waals surface area (Å²) in [5.74, 6) is 0.711. The summed E-state index contributed by atoms with van der Waals surface area (Å²) < 4.78 is 21.4. The monoisotopic (exact) mass is 538 g/mol. The molecular formula is C25H30N8O4S. The molecule has 3 heterocycles. The fraction of sp³-hybridized carbons (Fsp3) is 0.320. The normalized spacial score (nSPS) is 13.8. The van der Waals surface area contributed by atoms with Crippen molar-refractivity contribution in [3.8, 4) is 0 Å². The molecule has 2 amide bonds. The molecule has 38 heavy (non-hydrogen) atoms. The lowest BCUT2D eigenvalue weighted by Gasteiger charge is -2.26. The predicted octanol–water partition coefficient (Wildman–Crippen LogP) is 3.22. The van der Waals surface area contributed by atoms with E-state index in [4.69, 9.17) is 4.74 Å². The van der Waals surface area contributed by atoms with E-state index in [1.54, 1.807) is 23.1 Å². The van der Waals surface area contributed by atoms with E-state index in [1.165, 1.54) is 18.7 Å². The minimum Gasteiger partial charge on any atom is -0.370 e. The maximum Gasteiger partial charge on any atom is 0.256 e. The van der Waals surface area contributed by atoms with Gasteiger partial charge >= 0.3 is 0 Å². The maximum absolute atomic E-state index is 12.8. The Morgan fingerprint density at radius 3 is 2.55 bits per heavy atom. The molecule has 1 aliphatic rings. The molecule has 0 saturated carbocycles. The van der Waals surface area contributed by atoms with Gasteiger partial charge in [-0.3, -0.25) is 9.59 Å². The molecule has 12 nitrogen and oxygen atoms in total. The van der Waals surface area contributed by atoms with Crippen molar-refractivity contribution in [3.05, 3.63) is 54.2 Å². The van der Waals surface area contributed by atoms with Crippen LogP contribution in [0, 0.1) is 0 Å². The van der Waals surface area contributed by atoms with Gasteiger partial charge in [0.25, 0.3) is 11.8 Å². The van der Waals surface area contributed by atoms with E-state index < -0.39 is 9.73 Å². The van der Waals surface area contributed by atoms with Crippen LogP contribution in [0.5, 0.6) is 0 Å². The van der Waals surface area contributed by atoms with E-state index in [9.17, 15) is 13.8 Å². The van der Waals surface area contributed by atoms with Gasteiger partial charge in [0.05, 0.1) is 6.61 Å². The van der Waals surface area contributed by atoms with E-state index in [-0.39, 0.29) is 41.8 Å². The molecule has 1 fully saturated rings. The number of aromatic nitrogens is 3. The zero-order valence-electron chi connectivity index (χ0n) is 21.6. The average Bonchev–Trinajstić information content (AvgIpc) is 2.84. The number of hydrogen-bond donors (Lipinski definition) is 3. The number of nitrogens with one attached hydrogen (secondary N) is 3. The standard InChI is InChI=1S/C25H30N8O4S/c1-16(2)27-24(35)19-14-26-25(28-17-8-10-18(11-9-17)33-12-13-37-15-22(33)34)31-23(19)30-20-6-5-7-21(29-20)32-38(3,4)36/h5-11,14,16H,12-13,15H2,1-4H3,(H,27,35)(H2,26,28,29,30,31). The van der Waals surface area contributed by atoms with Crippen molar-refractivity contribution in [3.63, 3.8) is 0 Å². The van der Waals surface area contributed by atoms with Crippen LogP contribution in [0.2, 0.25) is 0 Å². The Kier molecular flexibility index (Phi) is 8.17. The largest absolute Gasteiger partial charge is 0.370 e. The molecule has 1 saturated heterocycles. The molecule has 0 bridgehead atoms. The maximum atomic E-state index is 12.8. The summed E-state index contributed by atoms with van der Waals surface area (Å²) in [7, 11) is -2.40. The first kappa shape index (κ1) is 26.9. The van der Waals surface area contributed by atoms with Crippen LogP contribution in [0.15, 0.2) is 53.0 Å². The third-order valence-corrected chi connectivity index (χ3v) is 5.80. The number of morpholine rings is 1. The van der Waals surface area contributed by atoms with Crippen molar-refractivity contribution in [2.24, 2.45) is 4.36 Å². The molecular weight excluding hydrogens is 508 g/mol. The fourth-order valence-corrected chi connectivity index (χ4v) is 4.13. The third-order valence-electron chi connectivity index (χ3n) is 5.17. The summed E-state index contributed by atoms with van der Waals surface area (Å²) in [6.45, 7) is 4.78. The molecule has 0 radical (unpaired) electrons. The highest BCUT2D eigenvalue weighted by Gasteiger charge is 2.20. The van der Waals surface area contributed by atoms with E-state index >= 15 is 0 Å². The summed E-state index contributed by atoms with van der Waals surface area (Å²) in [5.41, 5.74) is 1.69. The van der Waals surface area contributed by atoms with E-state index in [1.807, 2.05) is 38.1 Å². The van der Waals surface area contributed by atoms with Gasteiger partial charge in [0.1, 0.15) is 23.8 Å². The van der Waals surface area contributed by atoms with Crippen LogP contribution in [-0.2, 0) is 19.3 Å². The van der Waals surface area contributed by atoms with Crippen LogP contribution in [0.3, 0.4) is 0 Å². The molecule has 0 unspecified atom stereocenters. The van der Waals surface area contributed by atoms with Crippen LogP contribution in [0.25, 0.3) is 0 Å². The van der Waals surface area contributed by atoms with Crippen LogP contribution in [0.1, 0.15) is 24.2 Å². The molecule has 0 atom stereocenters. The third kappa shape index (κ3) is 7.23. The Morgan fingerprint density at radius 2 is 1.87 bits per heavy atom. The van der Waals surface area contributed by atoms with Crippen LogP contribution < -0.4 is 20.9 Å². The number of carbonyl (C=O) groups excluding carboxylic acids is 2. The first-order valence-corrected chi connectivity index (χ1v) is 14.2. The van der Waals surface area contributed by atoms with Gasteiger partial charge < -0.3 is 25.6 Å². The number of hydrogen-bond acceptors (Lipinski definition) is 10. The van der Waals surface area contributed by atoms with Crippen molar-refractivity contribution in [2.75, 3.05) is 47.8 Å². The number of benzene rings is 1. The Bertz CT molecular complexity index is 1440. The topological polar surface area (TPSA) is 151 Å². The minimum absolute atomic E-state index is 0.0715. The number of rotatable bonds is 8. The van der Waals surface area contributed by atoms with Crippen molar-refractivity contribution in [1.82, 2.24) is 20.3 Å². The lowest BCUT2D eigenvalue weighted by atomic mass is 10.2. The average molecular weight is 539 g/mol. The smallest absolute Gasteiger partial charge is 0.256 e. The van der Waals surface area contributed by atoms with Gasteiger partial charge in [0, 0.05) is 52.4 Å². The number of ether oxygens (including phenoxy) is 1. The molecule has 0 spiro atoms. The molecule has 0 aliphatic carbocycles. The molecule has 3 aromatic rings. The fourth-order valence-electron chi connectivity index (χ4n) is 3.58. The number of pyridine rings is 1. The van der Waals surface area contributed by atoms with Gasteiger partial charge in [-0.1, -0.05) is 6.07 Å². The number of anilines is 5. The van der Waals surface area contributed by atoms with E-state index in [0.717, 1.165) is 5.69 Å². The second-order valence-corrected chi connectivity index (χ2v) is 11.7. The van der Waals surface area contributed by atoms with Gasteiger partial charge in [0.15, 0.2) is 5.82 Å². The Labute approximate surface area is 221 Å². The summed E-state index contributed by atoms with van der Waals surface area (Å²) in [5, 5.41) is 9.03. The zero-order chi connectivity index (χ0) is 27.3. The van der Waals surface area contributed by atoms with Crippen molar-refractivity contribution in [2.45, 2.75) is 19.9 Å². The first-order valence-electron chi connectivity index (χ1n) is 11.9. The summed E-state index contributed by atoms with van der Waals surface area (Å²) in [4.78, 5) is 39.8. The van der Waals surface area contributed by atoms with Gasteiger partial charge in [-0.25, -0.2) is 14.2 Å². The highest BCUT2D eigenvalue weighted by Crippen LogP contribution is 2.24. The molecule has 1 aliphatic heterocycles. The highest BCUT2D eigenvalue weighted by atomic mass is 32.2. The number of amides is 2. The lowest BCUT2D eigenvalue weighted by molar-refractivity contribution is -0.125. The second kappa shape index (κ2) is 11.5. The molecule has 4 rings (SSSR count). The molecule has 1 aromatic carbocycles. The van der Waals surface area contributed by atoms with Gasteiger partial charge in [0.2, 0.25) is 5.95 Å². The number of carbonyl (C=O) groups is 2. The van der Waals surface area contributed by atoms with Gasteiger partial charge in [-0.2, -0.15) is 9.35 Å². The number of nitrogens with zero attached hydrogens (tertiary/aromatic N) is 5. The van der Waals surface area contributed by atoms with Crippen LogP contribution in [-0.4, -0.2) is 69.3 Å². The second-order valence-electron chi connectivity index (χ2n) is 9.13. The Balaban J connectivity index is 1.60. The molecule has 3 N–H and O–H groups in total. The van der Waals surface area contributed by atoms with E-state index in [2.05, 4.69) is 35.3 Å². The van der Waals surface area contributed by atoms with Crippen LogP contribution >= 0.6 is 0 Å². The lowest BCUT2D eigenvalue weighted by Crippen LogP contribution is -2.41. The summed E-state index contributed by atoms with van der Waals surface area (Å²) >= 11 is 0. The highest BCUT2D eigenvalue weighted by molar-refractivity contribution is 7.92. The van der Waals surface area contributed by atoms with Gasteiger partial charge in [-0.15, -0.1) is 0 Å². The predicted molar refractivity (Wildman–Crippen MR) is 147 cm³/mol. The van der Waals surface area contributed by atoms with Crippen molar-refractivity contribution >= 4 is 56.3 Å². The molecule has 13 heteroatoms. The Morgan fingerprint density at radius 1 is 1.11 bits per heavy atom. The van der Waals surface area contributed by atoms with Gasteiger partial charge in [-0.05, 0) is 50.2 Å². The molecule has 200 valence electrons. The summed E-state index contributed by atoms with van der Waals surface area (Å²) in [6.07, 6.45) is 4.48. The Hall–Kier alpha value is -4.10. The summed E-state index contributed by atoms with van der Waals surface area (Å²) in [6, 6.07) is 12.2. The zero-order valence-corrected chi connectivity index (χ0v) is 22.4. The van der Waals surface area contributed by atoms with Crippen LogP contribution in [0.4, 0.5) is 34.8 Å². The molecule has 2 aromatic heterocycles. The quantitative estimate of drug-likeness (QED) is 0.393. The first-order chi connectivity index (χ1) is 18.1. The van der Waals surface area contributed by atoms with Crippen molar-refractivity contribution in [1.29, 1.82) is 0 Å². The SMILES string of the molecule is CC(C)NC(=O)c1cnc(Nc2ccc(N3CCOCC3=O)cc2)nc1Nc1cccc(N=S(C)(C)=O)n1. The van der Waals surface area contributed by atoms with E-state index in [0.29, 0.717) is 30.5 Å². The van der Waals surface area contributed by atoms with Crippen molar-refractivity contribution < 1.29 is 18.5 Å².